The van der Waals surface area contributed by atoms with Crippen molar-refractivity contribution in [1.29, 1.82) is 0 Å². The molecule has 1 unspecified atom stereocenters. The van der Waals surface area contributed by atoms with E-state index in [4.69, 9.17) is 0 Å². The predicted molar refractivity (Wildman–Crippen MR) is 74.5 cm³/mol. The summed E-state index contributed by atoms with van der Waals surface area (Å²) in [6, 6.07) is 0. The normalized spacial score (nSPS) is 21.4. The molecule has 4 heteroatoms. The average Bonchev–Trinajstić information content (AvgIpc) is 2.70. The Morgan fingerprint density at radius 3 is 3.06 bits per heavy atom. The minimum absolute atomic E-state index is 0.811. The second-order valence-electron chi connectivity index (χ2n) is 5.43. The number of likely N-dealkylation sites (tertiary alicyclic amines) is 1. The standard InChI is InChI=1S/C14H26N4/c1-4-14-13(10-17(3)16-14)11-18-7-5-6-12(9-18)8-15-2/h10,12,15H,4-9,11H2,1-3H3. The Balaban J connectivity index is 1.95. The van der Waals surface area contributed by atoms with Crippen molar-refractivity contribution in [3.63, 3.8) is 0 Å². The first kappa shape index (κ1) is 13.6. The summed E-state index contributed by atoms with van der Waals surface area (Å²) in [6.07, 6.45) is 5.91. The largest absolute Gasteiger partial charge is 0.319 e. The van der Waals surface area contributed by atoms with Gasteiger partial charge >= 0.3 is 0 Å². The van der Waals surface area contributed by atoms with E-state index in [0.29, 0.717) is 0 Å². The molecule has 1 saturated heterocycles. The van der Waals surface area contributed by atoms with Crippen molar-refractivity contribution in [1.82, 2.24) is 20.0 Å². The van der Waals surface area contributed by atoms with Gasteiger partial charge in [-0.05, 0) is 45.3 Å². The maximum atomic E-state index is 4.53. The predicted octanol–water partition coefficient (Wildman–Crippen LogP) is 1.41. The van der Waals surface area contributed by atoms with E-state index >= 15 is 0 Å². The Hall–Kier alpha value is -0.870. The third kappa shape index (κ3) is 3.33. The average molecular weight is 250 g/mol. The van der Waals surface area contributed by atoms with Crippen molar-refractivity contribution in [3.05, 3.63) is 17.5 Å². The molecule has 1 aliphatic heterocycles. The number of nitrogens with zero attached hydrogens (tertiary/aromatic N) is 3. The Morgan fingerprint density at radius 2 is 2.33 bits per heavy atom. The van der Waals surface area contributed by atoms with Gasteiger partial charge < -0.3 is 5.32 Å². The van der Waals surface area contributed by atoms with Crippen LogP contribution in [0.2, 0.25) is 0 Å². The molecular weight excluding hydrogens is 224 g/mol. The van der Waals surface area contributed by atoms with Gasteiger partial charge in [0, 0.05) is 31.9 Å². The molecule has 1 fully saturated rings. The topological polar surface area (TPSA) is 33.1 Å². The molecule has 0 spiro atoms. The van der Waals surface area contributed by atoms with Gasteiger partial charge in [-0.3, -0.25) is 9.58 Å². The van der Waals surface area contributed by atoms with E-state index in [1.807, 2.05) is 11.7 Å². The molecule has 1 N–H and O–H groups in total. The molecule has 18 heavy (non-hydrogen) atoms. The number of aromatic nitrogens is 2. The molecule has 0 aliphatic carbocycles. The SMILES string of the molecule is CCc1nn(C)cc1CN1CCCC(CNC)C1. The number of hydrogen-bond donors (Lipinski definition) is 1. The van der Waals surface area contributed by atoms with E-state index in [2.05, 4.69) is 35.5 Å². The smallest absolute Gasteiger partial charge is 0.0666 e. The fourth-order valence-corrected chi connectivity index (χ4v) is 3.00. The van der Waals surface area contributed by atoms with Crippen LogP contribution in [0.15, 0.2) is 6.20 Å². The highest BCUT2D eigenvalue weighted by atomic mass is 15.3. The molecule has 0 amide bonds. The van der Waals surface area contributed by atoms with Gasteiger partial charge in [0.2, 0.25) is 0 Å². The molecule has 1 aromatic rings. The minimum Gasteiger partial charge on any atom is -0.319 e. The third-order valence-corrected chi connectivity index (χ3v) is 3.82. The second-order valence-corrected chi connectivity index (χ2v) is 5.43. The maximum absolute atomic E-state index is 4.53. The molecule has 0 radical (unpaired) electrons. The zero-order chi connectivity index (χ0) is 13.0. The first-order chi connectivity index (χ1) is 8.72. The summed E-state index contributed by atoms with van der Waals surface area (Å²) in [5, 5.41) is 7.83. The van der Waals surface area contributed by atoms with Crippen LogP contribution in [0.4, 0.5) is 0 Å². The molecule has 1 aromatic heterocycles. The quantitative estimate of drug-likeness (QED) is 0.858. The number of hydrogen-bond acceptors (Lipinski definition) is 3. The van der Waals surface area contributed by atoms with Crippen LogP contribution in [-0.2, 0) is 20.0 Å². The minimum atomic E-state index is 0.811. The summed E-state index contributed by atoms with van der Waals surface area (Å²) >= 11 is 0. The lowest BCUT2D eigenvalue weighted by Crippen LogP contribution is -2.38. The van der Waals surface area contributed by atoms with Crippen LogP contribution in [0.25, 0.3) is 0 Å². The van der Waals surface area contributed by atoms with Gasteiger partial charge in [-0.25, -0.2) is 0 Å². The molecule has 102 valence electrons. The van der Waals surface area contributed by atoms with Crippen molar-refractivity contribution in [3.8, 4) is 0 Å². The van der Waals surface area contributed by atoms with Gasteiger partial charge in [-0.15, -0.1) is 0 Å². The van der Waals surface area contributed by atoms with Crippen molar-refractivity contribution >= 4 is 0 Å². The van der Waals surface area contributed by atoms with E-state index in [0.717, 1.165) is 25.4 Å². The van der Waals surface area contributed by atoms with Gasteiger partial charge in [0.1, 0.15) is 0 Å². The summed E-state index contributed by atoms with van der Waals surface area (Å²) in [5.74, 6) is 0.811. The Morgan fingerprint density at radius 1 is 1.50 bits per heavy atom. The van der Waals surface area contributed by atoms with Crippen LogP contribution in [0.1, 0.15) is 31.0 Å². The lowest BCUT2D eigenvalue weighted by Gasteiger charge is -2.32. The Bertz CT molecular complexity index is 370. The lowest BCUT2D eigenvalue weighted by molar-refractivity contribution is 0.166. The number of piperidine rings is 1. The monoisotopic (exact) mass is 250 g/mol. The van der Waals surface area contributed by atoms with Crippen LogP contribution in [0.5, 0.6) is 0 Å². The first-order valence-electron chi connectivity index (χ1n) is 7.11. The first-order valence-corrected chi connectivity index (χ1v) is 7.11. The van der Waals surface area contributed by atoms with E-state index in [1.54, 1.807) is 0 Å². The molecular formula is C14H26N4. The van der Waals surface area contributed by atoms with Gasteiger partial charge in [0.15, 0.2) is 0 Å². The van der Waals surface area contributed by atoms with Gasteiger partial charge in [-0.1, -0.05) is 6.92 Å². The van der Waals surface area contributed by atoms with Crippen molar-refractivity contribution in [2.24, 2.45) is 13.0 Å². The molecule has 1 aliphatic rings. The van der Waals surface area contributed by atoms with Gasteiger partial charge in [0.05, 0.1) is 5.69 Å². The fraction of sp³-hybridized carbons (Fsp3) is 0.786. The number of nitrogens with one attached hydrogen (secondary N) is 1. The van der Waals surface area contributed by atoms with E-state index in [9.17, 15) is 0 Å². The Kier molecular flexibility index (Phi) is 4.78. The molecule has 4 nitrogen and oxygen atoms in total. The van der Waals surface area contributed by atoms with Crippen LogP contribution in [-0.4, -0.2) is 41.4 Å². The molecule has 1 atom stereocenters. The lowest BCUT2D eigenvalue weighted by atomic mass is 9.97. The highest BCUT2D eigenvalue weighted by Crippen LogP contribution is 2.19. The fourth-order valence-electron chi connectivity index (χ4n) is 3.00. The molecule has 2 rings (SSSR count). The highest BCUT2D eigenvalue weighted by molar-refractivity contribution is 5.16. The number of rotatable bonds is 5. The van der Waals surface area contributed by atoms with E-state index in [1.165, 1.54) is 37.2 Å². The second kappa shape index (κ2) is 6.34. The van der Waals surface area contributed by atoms with Crippen LogP contribution in [0.3, 0.4) is 0 Å². The van der Waals surface area contributed by atoms with Gasteiger partial charge in [0.25, 0.3) is 0 Å². The summed E-state index contributed by atoms with van der Waals surface area (Å²) in [6.45, 7) is 6.85. The zero-order valence-corrected chi connectivity index (χ0v) is 11.9. The zero-order valence-electron chi connectivity index (χ0n) is 11.9. The van der Waals surface area contributed by atoms with Crippen LogP contribution >= 0.6 is 0 Å². The molecule has 0 bridgehead atoms. The summed E-state index contributed by atoms with van der Waals surface area (Å²) in [7, 11) is 4.07. The summed E-state index contributed by atoms with van der Waals surface area (Å²) in [5.41, 5.74) is 2.67. The van der Waals surface area contributed by atoms with Crippen LogP contribution < -0.4 is 5.32 Å². The summed E-state index contributed by atoms with van der Waals surface area (Å²) in [4.78, 5) is 2.58. The van der Waals surface area contributed by atoms with Crippen molar-refractivity contribution in [2.75, 3.05) is 26.7 Å². The van der Waals surface area contributed by atoms with Crippen molar-refractivity contribution in [2.45, 2.75) is 32.7 Å². The molecule has 0 saturated carbocycles. The summed E-state index contributed by atoms with van der Waals surface area (Å²) < 4.78 is 1.95. The Labute approximate surface area is 110 Å². The highest BCUT2D eigenvalue weighted by Gasteiger charge is 2.20. The maximum Gasteiger partial charge on any atom is 0.0666 e. The molecule has 2 heterocycles. The number of aryl methyl sites for hydroxylation is 2. The molecule has 0 aromatic carbocycles. The van der Waals surface area contributed by atoms with Crippen molar-refractivity contribution < 1.29 is 0 Å². The van der Waals surface area contributed by atoms with Gasteiger partial charge in [-0.2, -0.15) is 5.10 Å². The van der Waals surface area contributed by atoms with E-state index in [-0.39, 0.29) is 0 Å². The third-order valence-electron chi connectivity index (χ3n) is 3.82. The van der Waals surface area contributed by atoms with E-state index < -0.39 is 0 Å². The van der Waals surface area contributed by atoms with Crippen LogP contribution in [0, 0.1) is 5.92 Å².